The summed E-state index contributed by atoms with van der Waals surface area (Å²) >= 11 is 0. The lowest BCUT2D eigenvalue weighted by molar-refractivity contribution is 0.00219. The minimum Gasteiger partial charge on any atom is -0.381 e. The summed E-state index contributed by atoms with van der Waals surface area (Å²) < 4.78 is 0. The number of hydrogen-bond donors (Lipinski definition) is 1. The average Bonchev–Trinajstić information content (AvgIpc) is 2.41. The van der Waals surface area contributed by atoms with Crippen LogP contribution in [0.4, 0.5) is 0 Å². The molecule has 0 saturated heterocycles. The molecule has 0 saturated carbocycles. The average molecular weight is 244 g/mol. The Morgan fingerprint density at radius 3 is 2.78 bits per heavy atom. The Labute approximate surface area is 108 Å². The molecule has 0 spiro atoms. The minimum absolute atomic E-state index is 0.127. The van der Waals surface area contributed by atoms with E-state index in [-0.39, 0.29) is 11.7 Å². The maximum absolute atomic E-state index is 12.5. The van der Waals surface area contributed by atoms with Crippen molar-refractivity contribution in [2.45, 2.75) is 39.2 Å². The summed E-state index contributed by atoms with van der Waals surface area (Å²) in [6.45, 7) is 5.84. The van der Waals surface area contributed by atoms with Gasteiger partial charge >= 0.3 is 0 Å². The summed E-state index contributed by atoms with van der Waals surface area (Å²) in [7, 11) is 0. The van der Waals surface area contributed by atoms with Gasteiger partial charge in [0, 0.05) is 11.5 Å². The molecule has 0 aliphatic heterocycles. The van der Waals surface area contributed by atoms with E-state index < -0.39 is 5.60 Å². The second-order valence-electron chi connectivity index (χ2n) is 5.16. The highest BCUT2D eigenvalue weighted by Crippen LogP contribution is 2.36. The molecule has 2 nitrogen and oxygen atoms in total. The van der Waals surface area contributed by atoms with Gasteiger partial charge in [0.2, 0.25) is 0 Å². The Bertz CT molecular complexity index is 502. The van der Waals surface area contributed by atoms with Crippen molar-refractivity contribution >= 4 is 5.78 Å². The lowest BCUT2D eigenvalue weighted by Gasteiger charge is -2.37. The number of rotatable bonds is 2. The number of allylic oxidation sites excluding steroid dienone is 1. The Morgan fingerprint density at radius 2 is 2.11 bits per heavy atom. The van der Waals surface area contributed by atoms with E-state index in [2.05, 4.69) is 0 Å². The molecule has 1 N–H and O–H groups in total. The number of Topliss-reactive ketones (excluding diaryl/α,β-unsaturated/α-hetero) is 1. The SMILES string of the molecule is C/C=C(\C)[C@@H](C)[C@]1(O)CCc2ccccc2C1=O. The number of fused-ring (bicyclic) bond motifs is 1. The van der Waals surface area contributed by atoms with Crippen LogP contribution in [0.2, 0.25) is 0 Å². The lowest BCUT2D eigenvalue weighted by Crippen LogP contribution is -2.48. The van der Waals surface area contributed by atoms with E-state index in [0.717, 1.165) is 17.6 Å². The van der Waals surface area contributed by atoms with Gasteiger partial charge in [0.15, 0.2) is 5.78 Å². The van der Waals surface area contributed by atoms with Crippen molar-refractivity contribution in [1.29, 1.82) is 0 Å². The van der Waals surface area contributed by atoms with E-state index in [1.54, 1.807) is 0 Å². The van der Waals surface area contributed by atoms with Gasteiger partial charge in [-0.1, -0.05) is 42.8 Å². The molecule has 0 heterocycles. The molecule has 0 unspecified atom stereocenters. The number of aliphatic hydroxyl groups is 1. The zero-order valence-electron chi connectivity index (χ0n) is 11.2. The number of aryl methyl sites for hydroxylation is 1. The number of hydrogen-bond acceptors (Lipinski definition) is 2. The maximum Gasteiger partial charge on any atom is 0.195 e. The van der Waals surface area contributed by atoms with Gasteiger partial charge in [0.05, 0.1) is 0 Å². The summed E-state index contributed by atoms with van der Waals surface area (Å²) in [6, 6.07) is 7.59. The van der Waals surface area contributed by atoms with Crippen molar-refractivity contribution in [3.8, 4) is 0 Å². The molecule has 0 radical (unpaired) electrons. The molecule has 2 rings (SSSR count). The van der Waals surface area contributed by atoms with E-state index in [1.165, 1.54) is 0 Å². The van der Waals surface area contributed by atoms with Gasteiger partial charge in [0.25, 0.3) is 0 Å². The van der Waals surface area contributed by atoms with Crippen LogP contribution >= 0.6 is 0 Å². The van der Waals surface area contributed by atoms with Crippen molar-refractivity contribution in [2.24, 2.45) is 5.92 Å². The number of carbonyl (C=O) groups is 1. The van der Waals surface area contributed by atoms with Crippen LogP contribution in [0, 0.1) is 5.92 Å². The molecule has 0 bridgehead atoms. The monoisotopic (exact) mass is 244 g/mol. The number of benzene rings is 1. The van der Waals surface area contributed by atoms with Crippen LogP contribution in [0.5, 0.6) is 0 Å². The summed E-state index contributed by atoms with van der Waals surface area (Å²) in [5, 5.41) is 10.8. The molecule has 18 heavy (non-hydrogen) atoms. The van der Waals surface area contributed by atoms with Crippen LogP contribution < -0.4 is 0 Å². The topological polar surface area (TPSA) is 37.3 Å². The van der Waals surface area contributed by atoms with Gasteiger partial charge < -0.3 is 5.11 Å². The first-order valence-corrected chi connectivity index (χ1v) is 6.48. The Morgan fingerprint density at radius 1 is 1.44 bits per heavy atom. The summed E-state index contributed by atoms with van der Waals surface area (Å²) in [6.07, 6.45) is 3.24. The first-order chi connectivity index (χ1) is 8.50. The van der Waals surface area contributed by atoms with Gasteiger partial charge in [-0.05, 0) is 32.3 Å². The maximum atomic E-state index is 12.5. The first kappa shape index (κ1) is 13.0. The van der Waals surface area contributed by atoms with Crippen molar-refractivity contribution in [3.05, 3.63) is 47.0 Å². The van der Waals surface area contributed by atoms with Crippen LogP contribution in [0.1, 0.15) is 43.1 Å². The molecule has 2 heteroatoms. The van der Waals surface area contributed by atoms with Gasteiger partial charge in [-0.2, -0.15) is 0 Å². The molecule has 0 aromatic heterocycles. The van der Waals surface area contributed by atoms with E-state index in [1.807, 2.05) is 51.1 Å². The third kappa shape index (κ3) is 1.91. The second-order valence-corrected chi connectivity index (χ2v) is 5.16. The van der Waals surface area contributed by atoms with E-state index in [0.29, 0.717) is 12.0 Å². The van der Waals surface area contributed by atoms with Crippen LogP contribution in [-0.4, -0.2) is 16.5 Å². The Kier molecular flexibility index (Phi) is 3.40. The lowest BCUT2D eigenvalue weighted by atomic mass is 9.71. The second kappa shape index (κ2) is 4.69. The molecular weight excluding hydrogens is 224 g/mol. The van der Waals surface area contributed by atoms with Gasteiger partial charge in [-0.25, -0.2) is 0 Å². The fraction of sp³-hybridized carbons (Fsp3) is 0.438. The fourth-order valence-corrected chi connectivity index (χ4v) is 2.67. The van der Waals surface area contributed by atoms with Gasteiger partial charge in [-0.15, -0.1) is 0 Å². The molecule has 96 valence electrons. The highest BCUT2D eigenvalue weighted by Gasteiger charge is 2.45. The predicted molar refractivity (Wildman–Crippen MR) is 72.6 cm³/mol. The van der Waals surface area contributed by atoms with Crippen LogP contribution in [0.3, 0.4) is 0 Å². The van der Waals surface area contributed by atoms with E-state index >= 15 is 0 Å². The van der Waals surface area contributed by atoms with Crippen LogP contribution in [-0.2, 0) is 6.42 Å². The molecule has 1 aliphatic carbocycles. The van der Waals surface area contributed by atoms with Crippen LogP contribution in [0.25, 0.3) is 0 Å². The highest BCUT2D eigenvalue weighted by molar-refractivity contribution is 6.04. The molecule has 2 atom stereocenters. The number of carbonyl (C=O) groups excluding carboxylic acids is 1. The van der Waals surface area contributed by atoms with Crippen molar-refractivity contribution in [3.63, 3.8) is 0 Å². The summed E-state index contributed by atoms with van der Waals surface area (Å²) in [5.41, 5.74) is 1.55. The molecular formula is C16H20O2. The third-order valence-corrected chi connectivity index (χ3v) is 4.29. The molecule has 0 fully saturated rings. The highest BCUT2D eigenvalue weighted by atomic mass is 16.3. The quantitative estimate of drug-likeness (QED) is 0.811. The van der Waals surface area contributed by atoms with Crippen molar-refractivity contribution in [1.82, 2.24) is 0 Å². The molecule has 1 aliphatic rings. The fourth-order valence-electron chi connectivity index (χ4n) is 2.67. The molecule has 1 aromatic carbocycles. The zero-order chi connectivity index (χ0) is 13.3. The summed E-state index contributed by atoms with van der Waals surface area (Å²) in [4.78, 5) is 12.5. The Hall–Kier alpha value is -1.41. The van der Waals surface area contributed by atoms with Gasteiger partial charge in [0.1, 0.15) is 5.60 Å². The smallest absolute Gasteiger partial charge is 0.195 e. The van der Waals surface area contributed by atoms with Gasteiger partial charge in [-0.3, -0.25) is 4.79 Å². The van der Waals surface area contributed by atoms with Crippen molar-refractivity contribution in [2.75, 3.05) is 0 Å². The van der Waals surface area contributed by atoms with Crippen molar-refractivity contribution < 1.29 is 9.90 Å². The van der Waals surface area contributed by atoms with E-state index in [4.69, 9.17) is 0 Å². The third-order valence-electron chi connectivity index (χ3n) is 4.29. The standard InChI is InChI=1S/C16H20O2/c1-4-11(2)12(3)16(18)10-9-13-7-5-6-8-14(13)15(16)17/h4-8,12,18H,9-10H2,1-3H3/b11-4+/t12-,16-/m1/s1. The number of ketones is 1. The van der Waals surface area contributed by atoms with E-state index in [9.17, 15) is 9.90 Å². The largest absolute Gasteiger partial charge is 0.381 e. The summed E-state index contributed by atoms with van der Waals surface area (Å²) in [5.74, 6) is -0.263. The van der Waals surface area contributed by atoms with Crippen LogP contribution in [0.15, 0.2) is 35.9 Å². The zero-order valence-corrected chi connectivity index (χ0v) is 11.2. The predicted octanol–water partition coefficient (Wildman–Crippen LogP) is 3.15. The normalized spacial score (nSPS) is 25.8. The minimum atomic E-state index is -1.25. The molecule has 0 amide bonds. The Balaban J connectivity index is 2.42. The first-order valence-electron chi connectivity index (χ1n) is 6.48. The molecule has 1 aromatic rings.